The summed E-state index contributed by atoms with van der Waals surface area (Å²) in [4.78, 5) is 222. The summed E-state index contributed by atoms with van der Waals surface area (Å²) in [5.41, 5.74) is 15.1. The molecule has 0 aliphatic carbocycles. The summed E-state index contributed by atoms with van der Waals surface area (Å²) in [5.74, 6) is -12.1. The van der Waals surface area contributed by atoms with E-state index >= 15 is 24.0 Å². The highest BCUT2D eigenvalue weighted by molar-refractivity contribution is 6.09. The van der Waals surface area contributed by atoms with Crippen molar-refractivity contribution in [3.05, 3.63) is 162 Å². The quantitative estimate of drug-likeness (QED) is 0.00781. The Morgan fingerprint density at radius 1 is 0.462 bits per heavy atom. The van der Waals surface area contributed by atoms with E-state index in [1.54, 1.807) is 140 Å². The van der Waals surface area contributed by atoms with E-state index in [1.165, 1.54) is 24.5 Å². The number of likely N-dealkylation sites (tertiary alicyclic amines) is 2. The Morgan fingerprint density at radius 2 is 0.909 bits per heavy atom. The highest BCUT2D eigenvalue weighted by Gasteiger charge is 2.43. The summed E-state index contributed by atoms with van der Waals surface area (Å²) in [6.45, 7) is -0.578. The minimum atomic E-state index is -1.83. The number of aliphatic hydroxyl groups is 1. The minimum absolute atomic E-state index is 0.00369. The molecule has 3 aromatic heterocycles. The second kappa shape index (κ2) is 50.4. The Morgan fingerprint density at radius 3 is 1.40 bits per heavy atom. The molecule has 3 aliphatic heterocycles. The van der Waals surface area contributed by atoms with Gasteiger partial charge in [0.25, 0.3) is 0 Å². The molecule has 6 heterocycles. The van der Waals surface area contributed by atoms with Crippen LogP contribution in [0, 0.1) is 10.8 Å². The maximum Gasteiger partial charge on any atom is 0.317 e. The maximum atomic E-state index is 15.9. The number of benzene rings is 4. The van der Waals surface area contributed by atoms with Gasteiger partial charge in [0, 0.05) is 174 Å². The number of ketones is 1. The zero-order valence-corrected chi connectivity index (χ0v) is 73.7. The number of piperidine rings is 1. The van der Waals surface area contributed by atoms with E-state index in [4.69, 9.17) is 22.3 Å². The predicted octanol–water partition coefficient (Wildman–Crippen LogP) is -3.03. The Kier molecular flexibility index (Phi) is 38.4. The molecule has 0 bridgehead atoms. The first-order valence-electron chi connectivity index (χ1n) is 44.2. The number of fused-ring (bicyclic) bond motifs is 2. The molecule has 3 fully saturated rings. The van der Waals surface area contributed by atoms with Crippen molar-refractivity contribution in [1.82, 2.24) is 108 Å². The van der Waals surface area contributed by atoms with Crippen LogP contribution in [-0.2, 0) is 88.0 Å². The fraction of sp³-hybridized carbons (Fsp3) is 0.472. The van der Waals surface area contributed by atoms with Gasteiger partial charge in [0.05, 0.1) is 45.7 Å². The molecule has 3 aliphatic rings. The number of hydrogen-bond donors (Lipinski definition) is 22. The SMILES string of the molecule is CNCC(=O)N[C@@H](CCCNC(=N)N)C(=O)N[C@@H](Cc1c[nH]c2ccccc12)C(=O)N[C@@H](CO)C(=O)N[C@@H](Cc1cnc[nH]1)C(=O)N[C@H](CCCNC(=N)N)C(=O)N[C@@H](Cc1c[nH]c2ccccc12)C(=O)N[C@@H](Cc1ccc(C(=O)c2ccccc2)cc1)C(=O)N1CCC[C@H]1C(=O)N1CCCCC1CNC(=O)CN1CCN(CC(=O)O)CCN(CC(=O)O)CCN(CC(=O)O)CC1. The zero-order chi connectivity index (χ0) is 94.8. The molecule has 710 valence electrons. The number of H-pyrrole nitrogens is 3. The first-order chi connectivity index (χ1) is 63.5. The molecule has 24 N–H and O–H groups in total. The summed E-state index contributed by atoms with van der Waals surface area (Å²) >= 11 is 0. The number of nitrogens with one attached hydrogen (secondary N) is 16. The number of nitrogens with two attached hydrogens (primary N) is 2. The fourth-order valence-corrected chi connectivity index (χ4v) is 16.6. The Labute approximate surface area is 761 Å². The van der Waals surface area contributed by atoms with Crippen molar-refractivity contribution >= 4 is 116 Å². The van der Waals surface area contributed by atoms with Gasteiger partial charge in [-0.25, -0.2) is 4.98 Å². The number of amides is 10. The summed E-state index contributed by atoms with van der Waals surface area (Å²) in [6.07, 6.45) is 7.35. The molecule has 0 spiro atoms. The molecule has 1 unspecified atom stereocenters. The lowest BCUT2D eigenvalue weighted by Crippen LogP contribution is -2.61. The molecule has 3 saturated heterocycles. The largest absolute Gasteiger partial charge is 0.480 e. The molecule has 10 rings (SSSR count). The number of nitrogens with zero attached hydrogens (tertiary/aromatic N) is 7. The van der Waals surface area contributed by atoms with E-state index in [0.29, 0.717) is 75.3 Å². The van der Waals surface area contributed by atoms with Crippen molar-refractivity contribution in [2.75, 3.05) is 131 Å². The van der Waals surface area contributed by atoms with Crippen LogP contribution < -0.4 is 70.0 Å². The monoisotopic (exact) mass is 1830 g/mol. The van der Waals surface area contributed by atoms with Crippen LogP contribution in [0.4, 0.5) is 0 Å². The lowest BCUT2D eigenvalue weighted by Gasteiger charge is -2.39. The number of carboxylic acid groups (broad SMARTS) is 3. The van der Waals surface area contributed by atoms with E-state index in [0.717, 1.165) is 0 Å². The van der Waals surface area contributed by atoms with Crippen molar-refractivity contribution in [2.24, 2.45) is 11.5 Å². The lowest BCUT2D eigenvalue weighted by molar-refractivity contribution is -0.148. The molecule has 43 heteroatoms. The highest BCUT2D eigenvalue weighted by atomic mass is 16.4. The van der Waals surface area contributed by atoms with Gasteiger partial charge < -0.3 is 115 Å². The van der Waals surface area contributed by atoms with Crippen LogP contribution in [0.1, 0.15) is 96.1 Å². The average molecular weight is 1830 g/mol. The van der Waals surface area contributed by atoms with Crippen LogP contribution in [-0.4, -0.2) is 350 Å². The number of imidazole rings is 1. The van der Waals surface area contributed by atoms with Gasteiger partial charge in [-0.1, -0.05) is 91.0 Å². The summed E-state index contributed by atoms with van der Waals surface area (Å²) < 4.78 is 0. The number of para-hydroxylation sites is 2. The first-order valence-corrected chi connectivity index (χ1v) is 44.2. The van der Waals surface area contributed by atoms with E-state index in [9.17, 15) is 63.6 Å². The molecule has 0 radical (unpaired) electrons. The Hall–Kier alpha value is -13.8. The van der Waals surface area contributed by atoms with Crippen LogP contribution >= 0.6 is 0 Å². The molecular weight excluding hydrogens is 1710 g/mol. The van der Waals surface area contributed by atoms with Crippen molar-refractivity contribution < 1.29 is 87.5 Å². The van der Waals surface area contributed by atoms with Gasteiger partial charge in [-0.05, 0) is 93.7 Å². The van der Waals surface area contributed by atoms with Gasteiger partial charge in [-0.2, -0.15) is 0 Å². The number of likely N-dealkylation sites (N-methyl/N-ethyl adjacent to an activating group) is 1. The van der Waals surface area contributed by atoms with Crippen molar-refractivity contribution in [2.45, 2.75) is 138 Å². The standard InChI is InChI=1S/C89H121N25O18/c1-94-48-74(116)102-66(21-11-28-96-88(90)91)80(125)104-69(42-59-45-99-65-20-8-6-18-63(59)65)83(128)108-72(53-115)85(130)106-70(43-60-46-95-54-101-60)84(129)103-67(22-12-29-97-89(92)93)81(126)105-68(41-58-44-98-64-19-7-5-17-62(58)64)82(127)107-71(40-55-24-26-57(27-25-55)79(124)56-14-3-2-4-15-56)86(131)114-31-13-23-73(114)87(132)113-30-10-9-16-61(113)47-100-75(117)49-109-32-34-110(50-76(118)119)36-38-112(52-78(122)123)39-37-111(35-33-109)51-77(120)121/h2-8,14-15,17-20,24-27,44-46,54,61,66-73,94,98-99,115H,9-13,16,21-23,28-43,47-53H2,1H3,(H,95,101)(H,100,117)(H,102,116)(H,103,129)(H,104,125)(H,105,126)(H,106,130)(H,107,127)(H,108,128)(H,118,119)(H,120,121)(H,122,123)(H4,90,91,96)(H4,92,93,97)/t61?,66-,67+,68-,69-,70-,71-,72-,73-/m0/s1. The van der Waals surface area contributed by atoms with Gasteiger partial charge in [0.15, 0.2) is 17.7 Å². The summed E-state index contributed by atoms with van der Waals surface area (Å²) in [5, 5.41) is 87.3. The van der Waals surface area contributed by atoms with Crippen LogP contribution in [0.2, 0.25) is 0 Å². The zero-order valence-electron chi connectivity index (χ0n) is 73.7. The fourth-order valence-electron chi connectivity index (χ4n) is 16.6. The number of hydrogen-bond acceptors (Lipinski definition) is 23. The molecule has 9 atom stereocenters. The average Bonchev–Trinajstić information content (AvgIpc) is 1.62. The molecule has 4 aromatic carbocycles. The van der Waals surface area contributed by atoms with E-state index < -0.39 is 144 Å². The molecule has 43 nitrogen and oxygen atoms in total. The van der Waals surface area contributed by atoms with E-state index in [1.807, 2.05) is 0 Å². The third-order valence-corrected chi connectivity index (χ3v) is 23.4. The smallest absolute Gasteiger partial charge is 0.317 e. The first kappa shape index (κ1) is 100. The van der Waals surface area contributed by atoms with Gasteiger partial charge in [0.2, 0.25) is 59.1 Å². The number of aliphatic hydroxyl groups excluding tert-OH is 1. The maximum absolute atomic E-state index is 15.9. The van der Waals surface area contributed by atoms with Crippen LogP contribution in [0.15, 0.2) is 128 Å². The summed E-state index contributed by atoms with van der Waals surface area (Å²) in [6, 6.07) is 16.9. The third kappa shape index (κ3) is 30.7. The molecule has 10 amide bonds. The number of aromatic nitrogens is 4. The predicted molar refractivity (Wildman–Crippen MR) is 485 cm³/mol. The van der Waals surface area contributed by atoms with Gasteiger partial charge in [0.1, 0.15) is 48.3 Å². The van der Waals surface area contributed by atoms with E-state index in [-0.39, 0.29) is 193 Å². The highest BCUT2D eigenvalue weighted by Crippen LogP contribution is 2.28. The second-order valence-electron chi connectivity index (χ2n) is 33.1. The lowest BCUT2D eigenvalue weighted by atomic mass is 9.98. The van der Waals surface area contributed by atoms with Crippen LogP contribution in [0.5, 0.6) is 0 Å². The van der Waals surface area contributed by atoms with E-state index in [2.05, 4.69) is 78.4 Å². The van der Waals surface area contributed by atoms with Gasteiger partial charge in [-0.3, -0.25) is 97.5 Å². The van der Waals surface area contributed by atoms with Gasteiger partial charge >= 0.3 is 17.9 Å². The number of rotatable bonds is 46. The molecule has 0 saturated carbocycles. The van der Waals surface area contributed by atoms with Crippen molar-refractivity contribution in [3.63, 3.8) is 0 Å². The normalized spacial score (nSPS) is 17.1. The Balaban J connectivity index is 0.900. The Bertz CT molecular complexity index is 5100. The number of carbonyl (C=O) groups excluding carboxylic acids is 11. The van der Waals surface area contributed by atoms with Gasteiger partial charge in [-0.15, -0.1) is 0 Å². The second-order valence-corrected chi connectivity index (χ2v) is 33.1. The van der Waals surface area contributed by atoms with Crippen LogP contribution in [0.3, 0.4) is 0 Å². The third-order valence-electron chi connectivity index (χ3n) is 23.4. The molecular formula is C89H121N25O18. The van der Waals surface area contributed by atoms with Crippen molar-refractivity contribution in [3.8, 4) is 0 Å². The summed E-state index contributed by atoms with van der Waals surface area (Å²) in [7, 11) is 1.53. The minimum Gasteiger partial charge on any atom is -0.480 e. The number of aliphatic carboxylic acids is 3. The van der Waals surface area contributed by atoms with Crippen molar-refractivity contribution in [1.29, 1.82) is 10.8 Å². The number of carbonyl (C=O) groups is 14. The topological polar surface area (TPSA) is 632 Å². The van der Waals surface area contributed by atoms with Crippen LogP contribution in [0.25, 0.3) is 21.8 Å². The molecule has 7 aromatic rings. The number of aromatic amines is 3. The number of guanidine groups is 2. The number of carboxylic acids is 3. The molecule has 132 heavy (non-hydrogen) atoms.